The number of rotatable bonds is 8. The minimum absolute atomic E-state index is 0.0876. The van der Waals surface area contributed by atoms with Gasteiger partial charge in [0, 0.05) is 17.8 Å². The maximum absolute atomic E-state index is 13.3. The number of hydrogen-bond donors (Lipinski definition) is 2. The first-order chi connectivity index (χ1) is 17.0. The summed E-state index contributed by atoms with van der Waals surface area (Å²) in [6, 6.07) is 20.5. The third-order valence-electron chi connectivity index (χ3n) is 5.68. The van der Waals surface area contributed by atoms with Crippen molar-refractivity contribution in [2.24, 2.45) is 0 Å². The molecule has 7 nitrogen and oxygen atoms in total. The molecule has 1 saturated heterocycles. The zero-order valence-electron chi connectivity index (χ0n) is 19.2. The van der Waals surface area contributed by atoms with Crippen LogP contribution in [-0.4, -0.2) is 35.4 Å². The largest absolute Gasteiger partial charge is 0.438 e. The summed E-state index contributed by atoms with van der Waals surface area (Å²) in [5.41, 5.74) is 2.26. The van der Waals surface area contributed by atoms with Gasteiger partial charge in [0.2, 0.25) is 5.91 Å². The van der Waals surface area contributed by atoms with Crippen molar-refractivity contribution in [3.8, 4) is 0 Å². The first-order valence-electron chi connectivity index (χ1n) is 11.4. The predicted molar refractivity (Wildman–Crippen MR) is 129 cm³/mol. The molecule has 0 aromatic heterocycles. The molecule has 0 saturated carbocycles. The Balaban J connectivity index is 1.59. The Morgan fingerprint density at radius 1 is 1.00 bits per heavy atom. The van der Waals surface area contributed by atoms with Crippen molar-refractivity contribution >= 4 is 23.6 Å². The number of anilines is 1. The van der Waals surface area contributed by atoms with Crippen LogP contribution in [0.1, 0.15) is 40.9 Å². The average Bonchev–Trinajstić information content (AvgIpc) is 3.20. The summed E-state index contributed by atoms with van der Waals surface area (Å²) in [6.07, 6.45) is -0.792. The molecule has 2 atom stereocenters. The van der Waals surface area contributed by atoms with Crippen molar-refractivity contribution in [2.75, 3.05) is 11.9 Å². The molecule has 3 aromatic rings. The summed E-state index contributed by atoms with van der Waals surface area (Å²) in [7, 11) is 0. The molecule has 0 radical (unpaired) electrons. The number of halogens is 1. The van der Waals surface area contributed by atoms with E-state index in [-0.39, 0.29) is 24.2 Å². The first-order valence-corrected chi connectivity index (χ1v) is 11.4. The van der Waals surface area contributed by atoms with E-state index in [9.17, 15) is 18.8 Å². The van der Waals surface area contributed by atoms with Crippen LogP contribution in [0, 0.1) is 5.82 Å². The standard InChI is InChI=1S/C27H26FN3O4/c1-2-15-29-26(33)23-24(35-27(34)31(23)17-18-11-13-21(28)14-12-18)20-9-6-10-22(16-20)30-25(32)19-7-4-3-5-8-19/h3-14,16,23-24H,2,15,17H2,1H3,(H,29,33)(H,30,32)/t23-,24+/m0/s1. The van der Waals surface area contributed by atoms with E-state index in [2.05, 4.69) is 10.6 Å². The number of hydrogen-bond acceptors (Lipinski definition) is 4. The van der Waals surface area contributed by atoms with E-state index in [1.807, 2.05) is 13.0 Å². The molecule has 3 aromatic carbocycles. The lowest BCUT2D eigenvalue weighted by atomic mass is 10.00. The molecule has 0 aliphatic carbocycles. The molecular weight excluding hydrogens is 449 g/mol. The van der Waals surface area contributed by atoms with Crippen molar-refractivity contribution in [1.82, 2.24) is 10.2 Å². The second kappa shape index (κ2) is 10.8. The zero-order valence-corrected chi connectivity index (χ0v) is 19.2. The Morgan fingerprint density at radius 3 is 2.46 bits per heavy atom. The van der Waals surface area contributed by atoms with Crippen LogP contribution in [0.4, 0.5) is 14.9 Å². The third-order valence-corrected chi connectivity index (χ3v) is 5.68. The summed E-state index contributed by atoms with van der Waals surface area (Å²) in [5.74, 6) is -1.01. The van der Waals surface area contributed by atoms with E-state index in [0.717, 1.165) is 6.42 Å². The summed E-state index contributed by atoms with van der Waals surface area (Å²) in [5, 5.41) is 5.68. The number of ether oxygens (including phenoxy) is 1. The van der Waals surface area contributed by atoms with Gasteiger partial charge in [-0.25, -0.2) is 9.18 Å². The molecule has 0 bridgehead atoms. The molecule has 0 unspecified atom stereocenters. The van der Waals surface area contributed by atoms with Crippen molar-refractivity contribution in [2.45, 2.75) is 32.0 Å². The summed E-state index contributed by atoms with van der Waals surface area (Å²) >= 11 is 0. The molecule has 2 N–H and O–H groups in total. The zero-order chi connectivity index (χ0) is 24.8. The Labute approximate surface area is 202 Å². The lowest BCUT2D eigenvalue weighted by molar-refractivity contribution is -0.126. The van der Waals surface area contributed by atoms with Gasteiger partial charge in [0.15, 0.2) is 12.1 Å². The molecule has 180 valence electrons. The highest BCUT2D eigenvalue weighted by Crippen LogP contribution is 2.35. The molecule has 3 amide bonds. The molecule has 4 rings (SSSR count). The highest BCUT2D eigenvalue weighted by molar-refractivity contribution is 6.04. The monoisotopic (exact) mass is 475 g/mol. The summed E-state index contributed by atoms with van der Waals surface area (Å²) in [6.45, 7) is 2.47. The van der Waals surface area contributed by atoms with E-state index in [4.69, 9.17) is 4.74 Å². The lowest BCUT2D eigenvalue weighted by Crippen LogP contribution is -2.46. The van der Waals surface area contributed by atoms with Crippen LogP contribution in [-0.2, 0) is 16.1 Å². The lowest BCUT2D eigenvalue weighted by Gasteiger charge is -2.24. The van der Waals surface area contributed by atoms with Crippen LogP contribution in [0.3, 0.4) is 0 Å². The van der Waals surface area contributed by atoms with Crippen molar-refractivity contribution < 1.29 is 23.5 Å². The third kappa shape index (κ3) is 5.66. The molecule has 35 heavy (non-hydrogen) atoms. The predicted octanol–water partition coefficient (Wildman–Crippen LogP) is 4.67. The molecule has 1 aliphatic rings. The molecule has 1 aliphatic heterocycles. The van der Waals surface area contributed by atoms with Gasteiger partial charge in [-0.2, -0.15) is 0 Å². The van der Waals surface area contributed by atoms with Gasteiger partial charge in [-0.15, -0.1) is 0 Å². The summed E-state index contributed by atoms with van der Waals surface area (Å²) in [4.78, 5) is 39.9. The SMILES string of the molecule is CCCNC(=O)[C@@H]1[C@@H](c2cccc(NC(=O)c3ccccc3)c2)OC(=O)N1Cc1ccc(F)cc1. The van der Waals surface area contributed by atoms with Crippen LogP contribution in [0.25, 0.3) is 0 Å². The Morgan fingerprint density at radius 2 is 1.74 bits per heavy atom. The van der Waals surface area contributed by atoms with E-state index in [1.165, 1.54) is 17.0 Å². The van der Waals surface area contributed by atoms with Gasteiger partial charge in [-0.05, 0) is 53.9 Å². The fourth-order valence-corrected chi connectivity index (χ4v) is 3.94. The number of nitrogens with one attached hydrogen (secondary N) is 2. The number of benzene rings is 3. The van der Waals surface area contributed by atoms with Crippen LogP contribution in [0.2, 0.25) is 0 Å². The van der Waals surface area contributed by atoms with Crippen molar-refractivity contribution in [1.29, 1.82) is 0 Å². The molecule has 1 heterocycles. The van der Waals surface area contributed by atoms with Gasteiger partial charge in [0.25, 0.3) is 5.91 Å². The topological polar surface area (TPSA) is 87.7 Å². The highest BCUT2D eigenvalue weighted by Gasteiger charge is 2.46. The molecule has 1 fully saturated rings. The van der Waals surface area contributed by atoms with Gasteiger partial charge >= 0.3 is 6.09 Å². The van der Waals surface area contributed by atoms with Gasteiger partial charge < -0.3 is 15.4 Å². The minimum Gasteiger partial charge on any atom is -0.438 e. The highest BCUT2D eigenvalue weighted by atomic mass is 19.1. The number of carbonyl (C=O) groups is 3. The summed E-state index contributed by atoms with van der Waals surface area (Å²) < 4.78 is 19.0. The van der Waals surface area contributed by atoms with E-state index < -0.39 is 18.2 Å². The minimum atomic E-state index is -0.931. The van der Waals surface area contributed by atoms with Crippen LogP contribution in [0.5, 0.6) is 0 Å². The number of amides is 3. The molecule has 8 heteroatoms. The maximum Gasteiger partial charge on any atom is 0.411 e. The first kappa shape index (κ1) is 23.9. The van der Waals surface area contributed by atoms with Crippen LogP contribution >= 0.6 is 0 Å². The molecular formula is C27H26FN3O4. The fraction of sp³-hybridized carbons (Fsp3) is 0.222. The number of nitrogens with zero attached hydrogens (tertiary/aromatic N) is 1. The van der Waals surface area contributed by atoms with Crippen molar-refractivity contribution in [3.05, 3.63) is 101 Å². The Hall–Kier alpha value is -4.20. The van der Waals surface area contributed by atoms with Crippen LogP contribution in [0.15, 0.2) is 78.9 Å². The smallest absolute Gasteiger partial charge is 0.411 e. The van der Waals surface area contributed by atoms with Gasteiger partial charge in [0.05, 0.1) is 6.54 Å². The Bertz CT molecular complexity index is 1200. The average molecular weight is 476 g/mol. The quantitative estimate of drug-likeness (QED) is 0.496. The second-order valence-corrected chi connectivity index (χ2v) is 8.24. The van der Waals surface area contributed by atoms with E-state index in [1.54, 1.807) is 60.7 Å². The fourth-order valence-electron chi connectivity index (χ4n) is 3.94. The van der Waals surface area contributed by atoms with Crippen molar-refractivity contribution in [3.63, 3.8) is 0 Å². The van der Waals surface area contributed by atoms with E-state index >= 15 is 0 Å². The normalized spacial score (nSPS) is 17.1. The molecule has 0 spiro atoms. The Kier molecular flexibility index (Phi) is 7.40. The van der Waals surface area contributed by atoms with Crippen LogP contribution < -0.4 is 10.6 Å². The second-order valence-electron chi connectivity index (χ2n) is 8.24. The van der Waals surface area contributed by atoms with Gasteiger partial charge in [-0.3, -0.25) is 14.5 Å². The van der Waals surface area contributed by atoms with Gasteiger partial charge in [0.1, 0.15) is 5.82 Å². The van der Waals surface area contributed by atoms with Gasteiger partial charge in [-0.1, -0.05) is 49.4 Å². The maximum atomic E-state index is 13.3. The number of carbonyl (C=O) groups excluding carboxylic acids is 3. The van der Waals surface area contributed by atoms with E-state index in [0.29, 0.717) is 28.9 Å². The number of cyclic esters (lactones) is 1.